The fraction of sp³-hybridized carbons (Fsp3) is 0.462. The number of nitrogens with two attached hydrogens (primary N) is 1. The van der Waals surface area contributed by atoms with Crippen LogP contribution in [0.5, 0.6) is 0 Å². The van der Waals surface area contributed by atoms with Crippen LogP contribution in [0.3, 0.4) is 0 Å². The van der Waals surface area contributed by atoms with Crippen LogP contribution in [0.15, 0.2) is 17.0 Å². The number of sulfonamides is 1. The molecule has 0 spiro atoms. The smallest absolute Gasteiger partial charge is 0.338 e. The van der Waals surface area contributed by atoms with E-state index >= 15 is 0 Å². The number of halogens is 1. The van der Waals surface area contributed by atoms with E-state index in [1.807, 2.05) is 6.92 Å². The first-order valence-corrected chi connectivity index (χ1v) is 7.82. The molecule has 20 heavy (non-hydrogen) atoms. The molecule has 0 amide bonds. The summed E-state index contributed by atoms with van der Waals surface area (Å²) in [5.74, 6) is -1.57. The molecule has 5 nitrogen and oxygen atoms in total. The van der Waals surface area contributed by atoms with E-state index in [1.54, 1.807) is 0 Å². The summed E-state index contributed by atoms with van der Waals surface area (Å²) < 4.78 is 41.3. The molecule has 112 valence electrons. The number of unbranched alkanes of at least 4 members (excludes halogenated alkanes) is 2. The molecular weight excluding hydrogens is 285 g/mol. The first-order valence-electron chi connectivity index (χ1n) is 6.27. The van der Waals surface area contributed by atoms with Crippen molar-refractivity contribution in [2.24, 2.45) is 5.14 Å². The quantitative estimate of drug-likeness (QED) is 0.644. The minimum absolute atomic E-state index is 0.116. The molecule has 1 rings (SSSR count). The standard InChI is InChI=1S/C13H18FNO4S/c1-3-4-5-6-19-13(16)10-7-11(14)9(2)12(8-10)20(15,17)18/h7-8H,3-6H2,1-2H3,(H2,15,17,18). The van der Waals surface area contributed by atoms with Gasteiger partial charge in [-0.05, 0) is 25.5 Å². The number of hydrogen-bond donors (Lipinski definition) is 1. The van der Waals surface area contributed by atoms with Gasteiger partial charge in [-0.15, -0.1) is 0 Å². The normalized spacial score (nSPS) is 11.4. The monoisotopic (exact) mass is 303 g/mol. The van der Waals surface area contributed by atoms with Crippen LogP contribution in [0.2, 0.25) is 0 Å². The lowest BCUT2D eigenvalue weighted by Crippen LogP contribution is -2.16. The molecule has 0 atom stereocenters. The topological polar surface area (TPSA) is 86.5 Å². The van der Waals surface area contributed by atoms with Crippen molar-refractivity contribution in [2.75, 3.05) is 6.61 Å². The summed E-state index contributed by atoms with van der Waals surface area (Å²) in [6.07, 6.45) is 2.60. The average Bonchev–Trinajstić information content (AvgIpc) is 2.36. The fourth-order valence-electron chi connectivity index (χ4n) is 1.67. The second-order valence-electron chi connectivity index (χ2n) is 4.47. The summed E-state index contributed by atoms with van der Waals surface area (Å²) >= 11 is 0. The molecule has 1 aromatic rings. The number of carbonyl (C=O) groups is 1. The molecule has 0 radical (unpaired) electrons. The molecule has 0 aliphatic heterocycles. The number of esters is 1. The molecule has 0 heterocycles. The lowest BCUT2D eigenvalue weighted by Gasteiger charge is -2.09. The maximum absolute atomic E-state index is 13.6. The fourth-order valence-corrected chi connectivity index (χ4v) is 2.48. The zero-order chi connectivity index (χ0) is 15.3. The number of rotatable bonds is 6. The number of benzene rings is 1. The SMILES string of the molecule is CCCCCOC(=O)c1cc(F)c(C)c(S(N)(=O)=O)c1. The molecule has 0 saturated carbocycles. The predicted octanol–water partition coefficient (Wildman–Crippen LogP) is 2.13. The van der Waals surface area contributed by atoms with Gasteiger partial charge in [-0.2, -0.15) is 0 Å². The van der Waals surface area contributed by atoms with E-state index in [0.29, 0.717) is 6.42 Å². The predicted molar refractivity (Wildman–Crippen MR) is 72.3 cm³/mol. The Morgan fingerprint density at radius 1 is 1.35 bits per heavy atom. The maximum Gasteiger partial charge on any atom is 0.338 e. The van der Waals surface area contributed by atoms with Gasteiger partial charge in [0.15, 0.2) is 0 Å². The van der Waals surface area contributed by atoms with Crippen molar-refractivity contribution >= 4 is 16.0 Å². The van der Waals surface area contributed by atoms with Gasteiger partial charge < -0.3 is 4.74 Å². The first kappa shape index (κ1) is 16.6. The number of primary sulfonamides is 1. The van der Waals surface area contributed by atoms with Crippen molar-refractivity contribution < 1.29 is 22.3 Å². The van der Waals surface area contributed by atoms with Gasteiger partial charge in [0.1, 0.15) is 5.82 Å². The Kier molecular flexibility index (Phi) is 5.64. The summed E-state index contributed by atoms with van der Waals surface area (Å²) in [6, 6.07) is 1.99. The van der Waals surface area contributed by atoms with Crippen molar-refractivity contribution in [3.63, 3.8) is 0 Å². The van der Waals surface area contributed by atoms with Crippen molar-refractivity contribution in [2.45, 2.75) is 38.0 Å². The molecule has 0 aliphatic carbocycles. The van der Waals surface area contributed by atoms with Gasteiger partial charge in [-0.1, -0.05) is 19.8 Å². The first-order chi connectivity index (χ1) is 9.27. The van der Waals surface area contributed by atoms with Crippen molar-refractivity contribution in [1.82, 2.24) is 0 Å². The molecular formula is C13H18FNO4S. The molecule has 0 bridgehead atoms. The molecule has 1 aromatic carbocycles. The third kappa shape index (κ3) is 4.28. The number of hydrogen-bond acceptors (Lipinski definition) is 4. The van der Waals surface area contributed by atoms with E-state index in [1.165, 1.54) is 6.92 Å². The van der Waals surface area contributed by atoms with Crippen LogP contribution >= 0.6 is 0 Å². The van der Waals surface area contributed by atoms with E-state index in [4.69, 9.17) is 9.88 Å². The Morgan fingerprint density at radius 2 is 2.00 bits per heavy atom. The minimum atomic E-state index is -4.09. The largest absolute Gasteiger partial charge is 0.462 e. The van der Waals surface area contributed by atoms with Gasteiger partial charge in [0.05, 0.1) is 17.1 Å². The third-order valence-electron chi connectivity index (χ3n) is 2.82. The summed E-state index contributed by atoms with van der Waals surface area (Å²) in [5, 5.41) is 4.99. The van der Waals surface area contributed by atoms with E-state index in [9.17, 15) is 17.6 Å². The van der Waals surface area contributed by atoms with Crippen molar-refractivity contribution in [3.05, 3.63) is 29.1 Å². The van der Waals surface area contributed by atoms with Crippen LogP contribution in [0.4, 0.5) is 4.39 Å². The zero-order valence-corrected chi connectivity index (χ0v) is 12.3. The average molecular weight is 303 g/mol. The van der Waals surface area contributed by atoms with Crippen molar-refractivity contribution in [1.29, 1.82) is 0 Å². The summed E-state index contributed by atoms with van der Waals surface area (Å²) in [7, 11) is -4.09. The Bertz CT molecular complexity index is 599. The van der Waals surface area contributed by atoms with Crippen LogP contribution in [0.1, 0.15) is 42.1 Å². The zero-order valence-electron chi connectivity index (χ0n) is 11.5. The van der Waals surface area contributed by atoms with Crippen LogP contribution in [-0.2, 0) is 14.8 Å². The highest BCUT2D eigenvalue weighted by Gasteiger charge is 2.19. The molecule has 0 saturated heterocycles. The Morgan fingerprint density at radius 3 is 2.55 bits per heavy atom. The summed E-state index contributed by atoms with van der Waals surface area (Å²) in [6.45, 7) is 3.51. The van der Waals surface area contributed by atoms with E-state index in [2.05, 4.69) is 0 Å². The Labute approximate surface area is 118 Å². The Balaban J connectivity index is 2.97. The van der Waals surface area contributed by atoms with E-state index < -0.39 is 26.7 Å². The van der Waals surface area contributed by atoms with Gasteiger partial charge >= 0.3 is 5.97 Å². The summed E-state index contributed by atoms with van der Waals surface area (Å²) in [5.41, 5.74) is -0.274. The van der Waals surface area contributed by atoms with Crippen LogP contribution < -0.4 is 5.14 Å². The van der Waals surface area contributed by atoms with Gasteiger partial charge in [0.25, 0.3) is 0 Å². The van der Waals surface area contributed by atoms with Crippen LogP contribution in [0, 0.1) is 12.7 Å². The lowest BCUT2D eigenvalue weighted by atomic mass is 10.1. The van der Waals surface area contributed by atoms with Crippen molar-refractivity contribution in [3.8, 4) is 0 Å². The molecule has 0 unspecified atom stereocenters. The number of ether oxygens (including phenoxy) is 1. The lowest BCUT2D eigenvalue weighted by molar-refractivity contribution is 0.0497. The van der Waals surface area contributed by atoms with Gasteiger partial charge in [0, 0.05) is 5.56 Å². The van der Waals surface area contributed by atoms with Crippen LogP contribution in [0.25, 0.3) is 0 Å². The second kappa shape index (κ2) is 6.81. The highest BCUT2D eigenvalue weighted by atomic mass is 32.2. The number of carbonyl (C=O) groups excluding carboxylic acids is 1. The van der Waals surface area contributed by atoms with Gasteiger partial charge in [0.2, 0.25) is 10.0 Å². The van der Waals surface area contributed by atoms with Crippen LogP contribution in [-0.4, -0.2) is 21.0 Å². The summed E-state index contributed by atoms with van der Waals surface area (Å²) in [4.78, 5) is 11.3. The van der Waals surface area contributed by atoms with E-state index in [-0.39, 0.29) is 17.7 Å². The van der Waals surface area contributed by atoms with Gasteiger partial charge in [-0.3, -0.25) is 0 Å². The highest BCUT2D eigenvalue weighted by molar-refractivity contribution is 7.89. The molecule has 0 aromatic heterocycles. The third-order valence-corrected chi connectivity index (χ3v) is 3.86. The minimum Gasteiger partial charge on any atom is -0.462 e. The molecule has 0 fully saturated rings. The Hall–Kier alpha value is -1.47. The molecule has 7 heteroatoms. The molecule has 0 aliphatic rings. The second-order valence-corrected chi connectivity index (χ2v) is 6.00. The molecule has 2 N–H and O–H groups in total. The van der Waals surface area contributed by atoms with E-state index in [0.717, 1.165) is 25.0 Å². The highest BCUT2D eigenvalue weighted by Crippen LogP contribution is 2.20. The van der Waals surface area contributed by atoms with Gasteiger partial charge in [-0.25, -0.2) is 22.7 Å². The maximum atomic E-state index is 13.6.